The van der Waals surface area contributed by atoms with E-state index in [9.17, 15) is 4.79 Å². The summed E-state index contributed by atoms with van der Waals surface area (Å²) in [5, 5.41) is 11.3. The number of ether oxygens (including phenoxy) is 1. The van der Waals surface area contributed by atoms with Crippen LogP contribution in [-0.2, 0) is 0 Å². The number of benzene rings is 1. The molecule has 0 aliphatic rings. The van der Waals surface area contributed by atoms with Gasteiger partial charge in [-0.2, -0.15) is 0 Å². The van der Waals surface area contributed by atoms with Crippen molar-refractivity contribution in [2.45, 2.75) is 6.42 Å². The first-order valence-corrected chi connectivity index (χ1v) is 5.71. The van der Waals surface area contributed by atoms with Crippen molar-refractivity contribution >= 4 is 21.8 Å². The normalized spacial score (nSPS) is 9.94. The number of amides is 1. The van der Waals surface area contributed by atoms with Gasteiger partial charge in [0.15, 0.2) is 0 Å². The van der Waals surface area contributed by atoms with Crippen molar-refractivity contribution in [2.24, 2.45) is 0 Å². The number of aliphatic hydroxyl groups is 1. The molecule has 5 heteroatoms. The third-order valence-corrected chi connectivity index (χ3v) is 2.73. The molecule has 16 heavy (non-hydrogen) atoms. The summed E-state index contributed by atoms with van der Waals surface area (Å²) >= 11 is 3.30. The molecule has 1 amide bonds. The van der Waals surface area contributed by atoms with Gasteiger partial charge in [0, 0.05) is 17.6 Å². The van der Waals surface area contributed by atoms with Crippen LogP contribution >= 0.6 is 15.9 Å². The number of rotatable bonds is 5. The highest BCUT2D eigenvalue weighted by atomic mass is 79.9. The van der Waals surface area contributed by atoms with Crippen molar-refractivity contribution in [3.8, 4) is 5.75 Å². The zero-order valence-electron chi connectivity index (χ0n) is 9.00. The lowest BCUT2D eigenvalue weighted by Crippen LogP contribution is -2.25. The van der Waals surface area contributed by atoms with Gasteiger partial charge in [0.25, 0.3) is 5.91 Å². The van der Waals surface area contributed by atoms with E-state index in [1.165, 1.54) is 0 Å². The van der Waals surface area contributed by atoms with E-state index in [-0.39, 0.29) is 12.5 Å². The molecular weight excluding hydrogens is 274 g/mol. The fourth-order valence-corrected chi connectivity index (χ4v) is 1.61. The van der Waals surface area contributed by atoms with Gasteiger partial charge in [-0.15, -0.1) is 0 Å². The Morgan fingerprint density at radius 2 is 2.31 bits per heavy atom. The van der Waals surface area contributed by atoms with Crippen molar-refractivity contribution in [3.63, 3.8) is 0 Å². The van der Waals surface area contributed by atoms with Gasteiger partial charge in [-0.25, -0.2) is 0 Å². The quantitative estimate of drug-likeness (QED) is 0.809. The second kappa shape index (κ2) is 6.50. The highest BCUT2D eigenvalue weighted by molar-refractivity contribution is 9.10. The van der Waals surface area contributed by atoms with Gasteiger partial charge >= 0.3 is 0 Å². The van der Waals surface area contributed by atoms with Crippen molar-refractivity contribution in [1.29, 1.82) is 0 Å². The van der Waals surface area contributed by atoms with E-state index in [1.807, 2.05) is 0 Å². The van der Waals surface area contributed by atoms with Gasteiger partial charge in [-0.05, 0) is 40.5 Å². The Kier molecular flexibility index (Phi) is 5.28. The maximum Gasteiger partial charge on any atom is 0.252 e. The van der Waals surface area contributed by atoms with E-state index in [2.05, 4.69) is 21.2 Å². The van der Waals surface area contributed by atoms with Crippen LogP contribution in [0.5, 0.6) is 5.75 Å². The largest absolute Gasteiger partial charge is 0.497 e. The topological polar surface area (TPSA) is 58.6 Å². The highest BCUT2D eigenvalue weighted by Gasteiger charge is 2.10. The van der Waals surface area contributed by atoms with E-state index in [4.69, 9.17) is 9.84 Å². The first-order chi connectivity index (χ1) is 7.69. The monoisotopic (exact) mass is 287 g/mol. The molecule has 0 heterocycles. The average Bonchev–Trinajstić information content (AvgIpc) is 2.30. The Morgan fingerprint density at radius 1 is 1.56 bits per heavy atom. The van der Waals surface area contributed by atoms with Crippen molar-refractivity contribution in [2.75, 3.05) is 20.3 Å². The molecule has 0 saturated heterocycles. The Bertz CT molecular complexity index is 368. The number of halogens is 1. The molecular formula is C11H14BrNO3. The van der Waals surface area contributed by atoms with E-state index in [0.717, 1.165) is 4.47 Å². The van der Waals surface area contributed by atoms with Gasteiger partial charge in [-0.3, -0.25) is 4.79 Å². The lowest BCUT2D eigenvalue weighted by molar-refractivity contribution is 0.0950. The van der Waals surface area contributed by atoms with Crippen LogP contribution in [-0.4, -0.2) is 31.3 Å². The summed E-state index contributed by atoms with van der Waals surface area (Å²) in [4.78, 5) is 11.7. The molecule has 0 unspecified atom stereocenters. The predicted molar refractivity (Wildman–Crippen MR) is 64.7 cm³/mol. The fraction of sp³-hybridized carbons (Fsp3) is 0.364. The first-order valence-electron chi connectivity index (χ1n) is 4.91. The van der Waals surface area contributed by atoms with Crippen LogP contribution in [0, 0.1) is 0 Å². The van der Waals surface area contributed by atoms with Crippen molar-refractivity contribution in [3.05, 3.63) is 28.2 Å². The maximum atomic E-state index is 11.7. The molecule has 0 fully saturated rings. The predicted octanol–water partition coefficient (Wildman–Crippen LogP) is 1.57. The number of aliphatic hydroxyl groups excluding tert-OH is 1. The second-order valence-corrected chi connectivity index (χ2v) is 4.03. The van der Waals surface area contributed by atoms with Gasteiger partial charge < -0.3 is 15.2 Å². The number of nitrogens with one attached hydrogen (secondary N) is 1. The second-order valence-electron chi connectivity index (χ2n) is 3.18. The van der Waals surface area contributed by atoms with Crippen LogP contribution < -0.4 is 10.1 Å². The molecule has 0 aromatic heterocycles. The molecule has 88 valence electrons. The lowest BCUT2D eigenvalue weighted by atomic mass is 10.2. The highest BCUT2D eigenvalue weighted by Crippen LogP contribution is 2.22. The zero-order chi connectivity index (χ0) is 12.0. The average molecular weight is 288 g/mol. The fourth-order valence-electron chi connectivity index (χ4n) is 1.18. The number of hydrogen-bond donors (Lipinski definition) is 2. The third-order valence-electron chi connectivity index (χ3n) is 2.04. The summed E-state index contributed by atoms with van der Waals surface area (Å²) in [6.45, 7) is 0.526. The summed E-state index contributed by atoms with van der Waals surface area (Å²) in [6, 6.07) is 5.20. The number of hydrogen-bond acceptors (Lipinski definition) is 3. The van der Waals surface area contributed by atoms with Crippen molar-refractivity contribution < 1.29 is 14.6 Å². The van der Waals surface area contributed by atoms with Gasteiger partial charge in [-0.1, -0.05) is 0 Å². The molecule has 1 aromatic carbocycles. The molecule has 0 spiro atoms. The molecule has 0 bridgehead atoms. The van der Waals surface area contributed by atoms with E-state index in [1.54, 1.807) is 25.3 Å². The molecule has 0 saturated carbocycles. The summed E-state index contributed by atoms with van der Waals surface area (Å²) in [5.41, 5.74) is 0.525. The maximum absolute atomic E-state index is 11.7. The third kappa shape index (κ3) is 3.50. The molecule has 4 nitrogen and oxygen atoms in total. The number of carbonyl (C=O) groups is 1. The molecule has 0 atom stereocenters. The van der Waals surface area contributed by atoms with Crippen LogP contribution in [0.25, 0.3) is 0 Å². The smallest absolute Gasteiger partial charge is 0.252 e. The first kappa shape index (κ1) is 13.0. The van der Waals surface area contributed by atoms with Crippen LogP contribution in [0.2, 0.25) is 0 Å². The van der Waals surface area contributed by atoms with Gasteiger partial charge in [0.1, 0.15) is 5.75 Å². The number of carbonyl (C=O) groups excluding carboxylic acids is 1. The van der Waals surface area contributed by atoms with E-state index < -0.39 is 0 Å². The molecule has 2 N–H and O–H groups in total. The SMILES string of the molecule is COc1ccc(Br)c(C(=O)NCCCO)c1. The van der Waals surface area contributed by atoms with E-state index >= 15 is 0 Å². The zero-order valence-corrected chi connectivity index (χ0v) is 10.6. The molecule has 1 aromatic rings. The van der Waals surface area contributed by atoms with E-state index in [0.29, 0.717) is 24.3 Å². The van der Waals surface area contributed by atoms with Crippen LogP contribution in [0.4, 0.5) is 0 Å². The number of methoxy groups -OCH3 is 1. The van der Waals surface area contributed by atoms with Gasteiger partial charge in [0.2, 0.25) is 0 Å². The standard InChI is InChI=1S/C11H14BrNO3/c1-16-8-3-4-10(12)9(7-8)11(15)13-5-2-6-14/h3-4,7,14H,2,5-6H2,1H3,(H,13,15). The Morgan fingerprint density at radius 3 is 2.94 bits per heavy atom. The Labute approximate surface area is 103 Å². The Hall–Kier alpha value is -1.07. The molecule has 0 aliphatic heterocycles. The van der Waals surface area contributed by atoms with Gasteiger partial charge in [0.05, 0.1) is 12.7 Å². The molecule has 1 rings (SSSR count). The minimum absolute atomic E-state index is 0.0690. The molecule has 0 radical (unpaired) electrons. The van der Waals surface area contributed by atoms with Crippen LogP contribution in [0.15, 0.2) is 22.7 Å². The summed E-state index contributed by atoms with van der Waals surface area (Å²) < 4.78 is 5.76. The lowest BCUT2D eigenvalue weighted by Gasteiger charge is -2.07. The van der Waals surface area contributed by atoms with Crippen LogP contribution in [0.1, 0.15) is 16.8 Å². The summed E-state index contributed by atoms with van der Waals surface area (Å²) in [6.07, 6.45) is 0.549. The molecule has 0 aliphatic carbocycles. The minimum atomic E-state index is -0.181. The Balaban J connectivity index is 2.73. The summed E-state index contributed by atoms with van der Waals surface area (Å²) in [7, 11) is 1.55. The summed E-state index contributed by atoms with van der Waals surface area (Å²) in [5.74, 6) is 0.453. The minimum Gasteiger partial charge on any atom is -0.497 e. The van der Waals surface area contributed by atoms with Crippen molar-refractivity contribution in [1.82, 2.24) is 5.32 Å². The van der Waals surface area contributed by atoms with Crippen LogP contribution in [0.3, 0.4) is 0 Å².